The first-order valence-corrected chi connectivity index (χ1v) is 20.4. The summed E-state index contributed by atoms with van der Waals surface area (Å²) in [5, 5.41) is 0. The van der Waals surface area contributed by atoms with Crippen LogP contribution in [0.3, 0.4) is 0 Å². The first kappa shape index (κ1) is 28.6. The van der Waals surface area contributed by atoms with Gasteiger partial charge in [0.05, 0.1) is 0 Å². The first-order chi connectivity index (χ1) is 14.6. The van der Waals surface area contributed by atoms with Crippen LogP contribution in [0.1, 0.15) is 60.5 Å². The van der Waals surface area contributed by atoms with Crippen molar-refractivity contribution in [2.45, 2.75) is 65.2 Å². The zero-order valence-electron chi connectivity index (χ0n) is 21.5. The topological polar surface area (TPSA) is 0 Å². The van der Waals surface area contributed by atoms with Gasteiger partial charge in [0.25, 0.3) is 0 Å². The summed E-state index contributed by atoms with van der Waals surface area (Å²) in [6, 6.07) is 13.6. The molecule has 33 heavy (non-hydrogen) atoms. The summed E-state index contributed by atoms with van der Waals surface area (Å²) in [6.45, 7) is 21.9. The molecular weight excluding hydrogens is 539 g/mol. The van der Waals surface area contributed by atoms with Gasteiger partial charge in [0, 0.05) is 0 Å². The summed E-state index contributed by atoms with van der Waals surface area (Å²) in [5.74, 6) is 0.659. The van der Waals surface area contributed by atoms with Crippen LogP contribution in [0.25, 0.3) is 17.2 Å². The van der Waals surface area contributed by atoms with Gasteiger partial charge in [-0.25, -0.2) is 0 Å². The van der Waals surface area contributed by atoms with Crippen molar-refractivity contribution in [3.05, 3.63) is 84.2 Å². The molecule has 0 radical (unpaired) electrons. The molecule has 2 aromatic rings. The van der Waals surface area contributed by atoms with Crippen LogP contribution in [0.4, 0.5) is 0 Å². The maximum absolute atomic E-state index is 2.61. The molecule has 0 bridgehead atoms. The van der Waals surface area contributed by atoms with E-state index in [0.717, 1.165) is 0 Å². The quantitative estimate of drug-likeness (QED) is 0.495. The standard InChI is InChI=1S/C18H17.C9H13.C2H6Si.2ClH.Zr/c1-12-9-16-11-13(2)14(3)18(17(16)10-12)15-7-5-4-6-8-15;1-6-5-7(2)9(4)8(6)3;1-3-2;;;/h4-11H,1-3H3;6H,1-4H3;1-2H3;2*1H;/q;;;;;+2/p-2. The van der Waals surface area contributed by atoms with E-state index in [-0.39, 0.29) is 30.2 Å². The smallest absolute Gasteiger partial charge is 1.00 e. The fourth-order valence-corrected chi connectivity index (χ4v) is 26.4. The average molecular weight is 575 g/mol. The molecule has 0 aromatic heterocycles. The Morgan fingerprint density at radius 1 is 0.848 bits per heavy atom. The Morgan fingerprint density at radius 3 is 1.97 bits per heavy atom. The number of halogens is 2. The second-order valence-corrected chi connectivity index (χ2v) is 27.2. The van der Waals surface area contributed by atoms with Crippen molar-refractivity contribution in [3.8, 4) is 11.1 Å². The van der Waals surface area contributed by atoms with Crippen LogP contribution in [-0.2, 0) is 20.4 Å². The van der Waals surface area contributed by atoms with Crippen LogP contribution in [0.5, 0.6) is 0 Å². The van der Waals surface area contributed by atoms with E-state index in [0.29, 0.717) is 9.54 Å². The number of hydrogen-bond donors (Lipinski definition) is 0. The minimum absolute atomic E-state index is 0. The Balaban J connectivity index is 0.00000193. The van der Waals surface area contributed by atoms with E-state index in [1.165, 1.54) is 27.8 Å². The summed E-state index contributed by atoms with van der Waals surface area (Å²) >= 11 is -1.93. The Bertz CT molecular complexity index is 1210. The molecule has 2 aliphatic rings. The molecule has 174 valence electrons. The van der Waals surface area contributed by atoms with Gasteiger partial charge < -0.3 is 24.8 Å². The third-order valence-electron chi connectivity index (χ3n) is 7.88. The van der Waals surface area contributed by atoms with Gasteiger partial charge in [-0.2, -0.15) is 0 Å². The Kier molecular flexibility index (Phi) is 9.48. The van der Waals surface area contributed by atoms with Crippen molar-refractivity contribution in [3.63, 3.8) is 0 Å². The molecule has 0 N–H and O–H groups in total. The van der Waals surface area contributed by atoms with Gasteiger partial charge in [-0.05, 0) is 0 Å². The van der Waals surface area contributed by atoms with Crippen molar-refractivity contribution < 1.29 is 45.2 Å². The third-order valence-corrected chi connectivity index (χ3v) is 26.9. The Morgan fingerprint density at radius 2 is 1.45 bits per heavy atom. The number of allylic oxidation sites excluding steroid dienone is 5. The van der Waals surface area contributed by atoms with Crippen LogP contribution in [0.15, 0.2) is 62.0 Å². The number of aryl methyl sites for hydroxylation is 1. The van der Waals surface area contributed by atoms with Crippen LogP contribution < -0.4 is 24.8 Å². The molecule has 0 saturated heterocycles. The van der Waals surface area contributed by atoms with Crippen molar-refractivity contribution >= 4 is 11.5 Å². The predicted octanol–water partition coefficient (Wildman–Crippen LogP) is 2.57. The molecule has 2 atom stereocenters. The first-order valence-electron chi connectivity index (χ1n) is 11.6. The third kappa shape index (κ3) is 4.75. The second kappa shape index (κ2) is 10.9. The van der Waals surface area contributed by atoms with Crippen LogP contribution in [-0.4, -0.2) is 5.43 Å². The van der Waals surface area contributed by atoms with Crippen LogP contribution in [0.2, 0.25) is 13.1 Å². The van der Waals surface area contributed by atoms with Crippen molar-refractivity contribution in [1.82, 2.24) is 0 Å². The predicted molar refractivity (Wildman–Crippen MR) is 135 cm³/mol. The number of hydrogen-bond acceptors (Lipinski definition) is 0. The van der Waals surface area contributed by atoms with E-state index < -0.39 is 20.4 Å². The van der Waals surface area contributed by atoms with E-state index in [9.17, 15) is 0 Å². The molecule has 0 saturated carbocycles. The van der Waals surface area contributed by atoms with Gasteiger partial charge in [-0.15, -0.1) is 0 Å². The maximum atomic E-state index is 2.61. The Hall–Kier alpha value is -0.660. The molecule has 0 spiro atoms. The van der Waals surface area contributed by atoms with Gasteiger partial charge in [0.15, 0.2) is 0 Å². The normalized spacial score (nSPS) is 18.8. The van der Waals surface area contributed by atoms with Crippen LogP contribution in [0, 0.1) is 19.8 Å². The van der Waals surface area contributed by atoms with Gasteiger partial charge in [0.1, 0.15) is 0 Å². The molecule has 4 heteroatoms. The number of benzene rings is 2. The molecule has 0 aliphatic heterocycles. The van der Waals surface area contributed by atoms with Crippen molar-refractivity contribution in [1.29, 1.82) is 0 Å². The van der Waals surface area contributed by atoms with E-state index in [1.54, 1.807) is 27.9 Å². The van der Waals surface area contributed by atoms with E-state index in [2.05, 4.69) is 104 Å². The molecular formula is C29H36Cl2SiZr. The zero-order chi connectivity index (χ0) is 22.6. The molecule has 2 aromatic carbocycles. The van der Waals surface area contributed by atoms with Gasteiger partial charge in [0.2, 0.25) is 0 Å². The summed E-state index contributed by atoms with van der Waals surface area (Å²) in [5.41, 5.74) is 15.0. The summed E-state index contributed by atoms with van der Waals surface area (Å²) in [7, 11) is 0. The van der Waals surface area contributed by atoms with Gasteiger partial charge in [-0.1, -0.05) is 0 Å². The van der Waals surface area contributed by atoms with Gasteiger partial charge >= 0.3 is 198 Å². The monoisotopic (exact) mass is 572 g/mol. The number of rotatable bonds is 3. The maximum Gasteiger partial charge on any atom is -1.00 e. The molecule has 0 heterocycles. The molecule has 4 rings (SSSR count). The van der Waals surface area contributed by atoms with Crippen molar-refractivity contribution in [2.24, 2.45) is 5.92 Å². The van der Waals surface area contributed by atoms with E-state index >= 15 is 0 Å². The summed E-state index contributed by atoms with van der Waals surface area (Å²) in [4.78, 5) is 0. The fraction of sp³-hybridized carbons (Fsp3) is 0.379. The average Bonchev–Trinajstić information content (AvgIpc) is 3.14. The molecule has 0 fully saturated rings. The fourth-order valence-electron chi connectivity index (χ4n) is 5.79. The van der Waals surface area contributed by atoms with Crippen LogP contribution >= 0.6 is 0 Å². The molecule has 2 aliphatic carbocycles. The van der Waals surface area contributed by atoms with Crippen molar-refractivity contribution in [2.75, 3.05) is 0 Å². The second-order valence-electron chi connectivity index (χ2n) is 9.87. The summed E-state index contributed by atoms with van der Waals surface area (Å²) in [6.07, 6.45) is 2.56. The SMILES string of the molecule is CC1=Cc2c(cc(C)c(C)c2-c2ccccc2)[CH]1[Zr+2]([C]1=C(C)C(C)=C(C)C1C)=[Si](C)C.[Cl-].[Cl-]. The number of fused-ring (bicyclic) bond motifs is 1. The molecule has 2 unspecified atom stereocenters. The van der Waals surface area contributed by atoms with E-state index in [4.69, 9.17) is 0 Å². The zero-order valence-corrected chi connectivity index (χ0v) is 26.4. The van der Waals surface area contributed by atoms with Gasteiger partial charge in [-0.3, -0.25) is 0 Å². The van der Waals surface area contributed by atoms with E-state index in [1.807, 2.05) is 3.28 Å². The summed E-state index contributed by atoms with van der Waals surface area (Å²) < 4.78 is 2.62. The minimum atomic E-state index is -1.93. The Labute approximate surface area is 221 Å². The molecule has 0 amide bonds. The molecule has 0 nitrogen and oxygen atoms in total. The minimum Gasteiger partial charge on any atom is -1.00 e. The largest absolute Gasteiger partial charge is 1.00 e.